The molecule has 0 unspecified atom stereocenters. The fourth-order valence-corrected chi connectivity index (χ4v) is 1.53. The molecule has 0 aromatic rings. The van der Waals surface area contributed by atoms with Crippen molar-refractivity contribution in [3.63, 3.8) is 0 Å². The molecule has 16 heavy (non-hydrogen) atoms. The van der Waals surface area contributed by atoms with Crippen molar-refractivity contribution in [3.05, 3.63) is 12.2 Å². The smallest absolute Gasteiger partial charge is 0.217 e. The lowest BCUT2D eigenvalue weighted by Crippen LogP contribution is -2.13. The number of hydrogen-bond donors (Lipinski definition) is 1. The van der Waals surface area contributed by atoms with Gasteiger partial charge in [0.15, 0.2) is 0 Å². The van der Waals surface area contributed by atoms with Gasteiger partial charge >= 0.3 is 0 Å². The molecule has 2 heteroatoms. The minimum atomic E-state index is -0.200. The van der Waals surface area contributed by atoms with Crippen molar-refractivity contribution in [1.29, 1.82) is 0 Å². The van der Waals surface area contributed by atoms with E-state index in [-0.39, 0.29) is 11.3 Å². The summed E-state index contributed by atoms with van der Waals surface area (Å²) in [7, 11) is 0. The van der Waals surface area contributed by atoms with Crippen LogP contribution in [0.5, 0.6) is 0 Å². The van der Waals surface area contributed by atoms with Gasteiger partial charge in [-0.25, -0.2) is 0 Å². The molecule has 0 saturated carbocycles. The second-order valence-corrected chi connectivity index (χ2v) is 6.48. The Balaban J connectivity index is 3.99. The Hall–Kier alpha value is -0.790. The van der Waals surface area contributed by atoms with Crippen LogP contribution in [0.2, 0.25) is 0 Å². The van der Waals surface area contributed by atoms with Crippen LogP contribution in [0.1, 0.15) is 60.3 Å². The monoisotopic (exact) mass is 225 g/mol. The highest BCUT2D eigenvalue weighted by Gasteiger charge is 2.14. The van der Waals surface area contributed by atoms with Gasteiger partial charge in [0.05, 0.1) is 0 Å². The van der Waals surface area contributed by atoms with Crippen LogP contribution >= 0.6 is 0 Å². The van der Waals surface area contributed by atoms with Gasteiger partial charge in [-0.05, 0) is 30.1 Å². The zero-order valence-corrected chi connectivity index (χ0v) is 11.5. The van der Waals surface area contributed by atoms with Gasteiger partial charge in [0.2, 0.25) is 5.91 Å². The molecule has 0 saturated heterocycles. The van der Waals surface area contributed by atoms with E-state index < -0.39 is 0 Å². The van der Waals surface area contributed by atoms with Crippen molar-refractivity contribution in [3.8, 4) is 0 Å². The fourth-order valence-electron chi connectivity index (χ4n) is 1.53. The molecule has 0 bridgehead atoms. The lowest BCUT2D eigenvalue weighted by molar-refractivity contribution is -0.118. The second kappa shape index (κ2) is 6.07. The Kier molecular flexibility index (Phi) is 5.77. The Bertz CT molecular complexity index is 246. The Labute approximate surface area is 100 Å². The Morgan fingerprint density at radius 2 is 1.75 bits per heavy atom. The Morgan fingerprint density at radius 1 is 1.19 bits per heavy atom. The highest BCUT2D eigenvalue weighted by Crippen LogP contribution is 2.27. The van der Waals surface area contributed by atoms with Crippen molar-refractivity contribution in [2.24, 2.45) is 16.6 Å². The predicted octanol–water partition coefficient (Wildman–Crippen LogP) is 3.66. The number of rotatable bonds is 6. The minimum absolute atomic E-state index is 0.167. The van der Waals surface area contributed by atoms with E-state index in [1.54, 1.807) is 0 Å². The molecule has 0 aromatic heterocycles. The lowest BCUT2D eigenvalue weighted by Gasteiger charge is -2.21. The van der Waals surface area contributed by atoms with Crippen molar-refractivity contribution in [2.45, 2.75) is 60.3 Å². The molecule has 1 amide bonds. The van der Waals surface area contributed by atoms with Gasteiger partial charge in [-0.3, -0.25) is 4.79 Å². The van der Waals surface area contributed by atoms with E-state index in [4.69, 9.17) is 5.73 Å². The lowest BCUT2D eigenvalue weighted by atomic mass is 9.84. The Morgan fingerprint density at radius 3 is 2.19 bits per heavy atom. The van der Waals surface area contributed by atoms with Gasteiger partial charge in [0.25, 0.3) is 0 Å². The number of allylic oxidation sites excluding steroid dienone is 2. The van der Waals surface area contributed by atoms with Gasteiger partial charge < -0.3 is 5.73 Å². The first kappa shape index (κ1) is 15.2. The van der Waals surface area contributed by atoms with Gasteiger partial charge in [-0.1, -0.05) is 46.8 Å². The quantitative estimate of drug-likeness (QED) is 0.689. The fraction of sp³-hybridized carbons (Fsp3) is 0.786. The number of carbonyl (C=O) groups excluding carboxylic acids is 1. The molecule has 0 radical (unpaired) electrons. The van der Waals surface area contributed by atoms with E-state index in [1.807, 2.05) is 0 Å². The van der Waals surface area contributed by atoms with Crippen molar-refractivity contribution >= 4 is 5.91 Å². The van der Waals surface area contributed by atoms with E-state index >= 15 is 0 Å². The first-order valence-corrected chi connectivity index (χ1v) is 6.08. The molecule has 0 fully saturated rings. The largest absolute Gasteiger partial charge is 0.370 e. The van der Waals surface area contributed by atoms with E-state index in [2.05, 4.69) is 46.8 Å². The standard InChI is InChI=1S/C14H27NO/c1-13(2,3)9-7-11-14(4,5)10-6-8-12(15)16/h7,11H,6,8-10H2,1-5H3,(H2,15,16)/b11-7-. The van der Waals surface area contributed by atoms with E-state index in [0.717, 1.165) is 19.3 Å². The van der Waals surface area contributed by atoms with Crippen LogP contribution in [0, 0.1) is 10.8 Å². The zero-order chi connectivity index (χ0) is 12.8. The average Bonchev–Trinajstić information content (AvgIpc) is 1.99. The van der Waals surface area contributed by atoms with Crippen LogP contribution in [0.3, 0.4) is 0 Å². The summed E-state index contributed by atoms with van der Waals surface area (Å²) in [4.78, 5) is 10.6. The first-order valence-electron chi connectivity index (χ1n) is 6.08. The maximum atomic E-state index is 10.6. The maximum Gasteiger partial charge on any atom is 0.217 e. The van der Waals surface area contributed by atoms with Gasteiger partial charge in [0, 0.05) is 6.42 Å². The maximum absolute atomic E-state index is 10.6. The summed E-state index contributed by atoms with van der Waals surface area (Å²) in [6, 6.07) is 0. The van der Waals surface area contributed by atoms with Crippen LogP contribution in [0.4, 0.5) is 0 Å². The number of amides is 1. The highest BCUT2D eigenvalue weighted by atomic mass is 16.1. The summed E-state index contributed by atoms with van der Waals surface area (Å²) in [5.41, 5.74) is 5.64. The molecule has 0 aliphatic heterocycles. The van der Waals surface area contributed by atoms with E-state index in [0.29, 0.717) is 11.8 Å². The topological polar surface area (TPSA) is 43.1 Å². The molecule has 0 rings (SSSR count). The summed E-state index contributed by atoms with van der Waals surface area (Å²) < 4.78 is 0. The summed E-state index contributed by atoms with van der Waals surface area (Å²) in [5, 5.41) is 0. The van der Waals surface area contributed by atoms with Crippen LogP contribution < -0.4 is 5.73 Å². The summed E-state index contributed by atoms with van der Waals surface area (Å²) in [6.07, 6.45) is 7.99. The molecule has 0 atom stereocenters. The first-order chi connectivity index (χ1) is 7.12. The van der Waals surface area contributed by atoms with Gasteiger partial charge in [-0.15, -0.1) is 0 Å². The van der Waals surface area contributed by atoms with Crippen LogP contribution in [-0.4, -0.2) is 5.91 Å². The van der Waals surface area contributed by atoms with Gasteiger partial charge in [0.1, 0.15) is 0 Å². The van der Waals surface area contributed by atoms with Gasteiger partial charge in [-0.2, -0.15) is 0 Å². The highest BCUT2D eigenvalue weighted by molar-refractivity contribution is 5.73. The van der Waals surface area contributed by atoms with Crippen molar-refractivity contribution in [2.75, 3.05) is 0 Å². The van der Waals surface area contributed by atoms with E-state index in [1.165, 1.54) is 0 Å². The number of primary amides is 1. The molecule has 2 nitrogen and oxygen atoms in total. The average molecular weight is 225 g/mol. The molecule has 0 heterocycles. The third kappa shape index (κ3) is 9.75. The molecule has 2 N–H and O–H groups in total. The third-order valence-corrected chi connectivity index (χ3v) is 2.54. The minimum Gasteiger partial charge on any atom is -0.370 e. The summed E-state index contributed by atoms with van der Waals surface area (Å²) in [5.74, 6) is -0.200. The molecule has 0 spiro atoms. The molecule has 0 aliphatic rings. The SMILES string of the molecule is CC(C)(C)C/C=C\C(C)(C)CCCC(N)=O. The zero-order valence-electron chi connectivity index (χ0n) is 11.5. The normalized spacial score (nSPS) is 13.3. The van der Waals surface area contributed by atoms with Crippen LogP contribution in [-0.2, 0) is 4.79 Å². The summed E-state index contributed by atoms with van der Waals surface area (Å²) in [6.45, 7) is 11.1. The van der Waals surface area contributed by atoms with Crippen LogP contribution in [0.15, 0.2) is 12.2 Å². The number of nitrogens with two attached hydrogens (primary N) is 1. The molecular formula is C14H27NO. The number of hydrogen-bond acceptors (Lipinski definition) is 1. The van der Waals surface area contributed by atoms with Crippen LogP contribution in [0.25, 0.3) is 0 Å². The number of carbonyl (C=O) groups is 1. The summed E-state index contributed by atoms with van der Waals surface area (Å²) >= 11 is 0. The van der Waals surface area contributed by atoms with Crippen molar-refractivity contribution in [1.82, 2.24) is 0 Å². The second-order valence-electron chi connectivity index (χ2n) is 6.48. The molecule has 94 valence electrons. The molecule has 0 aliphatic carbocycles. The predicted molar refractivity (Wildman–Crippen MR) is 70.0 cm³/mol. The molecule has 0 aromatic carbocycles. The molecular weight excluding hydrogens is 198 g/mol. The van der Waals surface area contributed by atoms with E-state index in [9.17, 15) is 4.79 Å². The third-order valence-electron chi connectivity index (χ3n) is 2.54. The van der Waals surface area contributed by atoms with Crippen molar-refractivity contribution < 1.29 is 4.79 Å².